The molecule has 2 N–H and O–H groups in total. The number of carbonyl (C=O) groups excluding carboxylic acids is 1. The second-order valence-corrected chi connectivity index (χ2v) is 6.12. The first-order chi connectivity index (χ1) is 9.02. The molecule has 0 spiro atoms. The summed E-state index contributed by atoms with van der Waals surface area (Å²) in [6.45, 7) is 0.814. The van der Waals surface area contributed by atoms with Crippen LogP contribution in [0.2, 0.25) is 5.02 Å². The Labute approximate surface area is 133 Å². The topological polar surface area (TPSA) is 58.2 Å². The van der Waals surface area contributed by atoms with Gasteiger partial charge >= 0.3 is 0 Å². The van der Waals surface area contributed by atoms with Crippen molar-refractivity contribution in [2.75, 3.05) is 25.2 Å². The molecule has 0 aliphatic heterocycles. The summed E-state index contributed by atoms with van der Waals surface area (Å²) >= 11 is 6.02. The minimum Gasteiger partial charge on any atom is -0.326 e. The van der Waals surface area contributed by atoms with Gasteiger partial charge in [0.25, 0.3) is 0 Å². The number of rotatable bonds is 7. The van der Waals surface area contributed by atoms with Gasteiger partial charge in [0.1, 0.15) is 0 Å². The molecular weight excluding hydrogens is 319 g/mol. The lowest BCUT2D eigenvalue weighted by molar-refractivity contribution is -0.116. The van der Waals surface area contributed by atoms with Crippen LogP contribution in [0, 0.1) is 0 Å². The Bertz CT molecular complexity index is 470. The molecule has 0 aliphatic carbocycles. The normalized spacial score (nSPS) is 11.6. The highest BCUT2D eigenvalue weighted by Crippen LogP contribution is 2.22. The van der Waals surface area contributed by atoms with E-state index in [0.29, 0.717) is 22.9 Å². The molecule has 7 heteroatoms. The van der Waals surface area contributed by atoms with Crippen LogP contribution in [-0.4, -0.2) is 30.0 Å². The Hall–Kier alpha value is -0.620. The first-order valence-corrected chi connectivity index (χ1v) is 8.16. The molecule has 4 nitrogen and oxygen atoms in total. The fourth-order valence-corrected chi connectivity index (χ4v) is 2.57. The van der Waals surface area contributed by atoms with E-state index in [1.165, 1.54) is 0 Å². The van der Waals surface area contributed by atoms with Crippen LogP contribution in [0.5, 0.6) is 0 Å². The lowest BCUT2D eigenvalue weighted by atomic mass is 10.2. The van der Waals surface area contributed by atoms with Crippen LogP contribution in [0.15, 0.2) is 18.2 Å². The van der Waals surface area contributed by atoms with Crippen LogP contribution in [-0.2, 0) is 21.3 Å². The maximum atomic E-state index is 11.7. The molecular formula is C13H20Cl2N2O2S. The van der Waals surface area contributed by atoms with Crippen molar-refractivity contribution in [3.05, 3.63) is 28.8 Å². The van der Waals surface area contributed by atoms with Gasteiger partial charge in [-0.05, 0) is 43.8 Å². The Balaban J connectivity index is 0.00000361. The zero-order valence-electron chi connectivity index (χ0n) is 11.6. The molecule has 0 heterocycles. The molecule has 1 atom stereocenters. The number of benzene rings is 1. The summed E-state index contributed by atoms with van der Waals surface area (Å²) < 4.78 is 11.2. The monoisotopic (exact) mass is 338 g/mol. The van der Waals surface area contributed by atoms with Crippen molar-refractivity contribution in [1.29, 1.82) is 0 Å². The van der Waals surface area contributed by atoms with Crippen molar-refractivity contribution in [3.63, 3.8) is 0 Å². The summed E-state index contributed by atoms with van der Waals surface area (Å²) in [5.74, 6) is 0.364. The molecule has 0 aliphatic rings. The van der Waals surface area contributed by atoms with Crippen molar-refractivity contribution >= 4 is 46.4 Å². The van der Waals surface area contributed by atoms with Crippen molar-refractivity contribution in [3.8, 4) is 0 Å². The second kappa shape index (κ2) is 10.2. The second-order valence-electron chi connectivity index (χ2n) is 4.28. The number of carbonyl (C=O) groups is 1. The van der Waals surface area contributed by atoms with Gasteiger partial charge in [-0.25, -0.2) is 0 Å². The van der Waals surface area contributed by atoms with Gasteiger partial charge < -0.3 is 10.6 Å². The third-order valence-corrected chi connectivity index (χ3v) is 3.61. The molecule has 0 saturated heterocycles. The Kier molecular flexibility index (Phi) is 9.84. The van der Waals surface area contributed by atoms with Gasteiger partial charge in [0.2, 0.25) is 5.91 Å². The third-order valence-electron chi connectivity index (χ3n) is 2.52. The molecule has 1 unspecified atom stereocenters. The first kappa shape index (κ1) is 19.4. The van der Waals surface area contributed by atoms with E-state index in [4.69, 9.17) is 11.6 Å². The average Bonchev–Trinajstić information content (AvgIpc) is 2.33. The van der Waals surface area contributed by atoms with Crippen LogP contribution >= 0.6 is 24.0 Å². The predicted molar refractivity (Wildman–Crippen MR) is 88.3 cm³/mol. The van der Waals surface area contributed by atoms with Gasteiger partial charge in [-0.1, -0.05) is 11.6 Å². The van der Waals surface area contributed by atoms with E-state index in [0.717, 1.165) is 18.5 Å². The number of nitrogens with one attached hydrogen (secondary N) is 2. The Morgan fingerprint density at radius 1 is 1.40 bits per heavy atom. The lowest BCUT2D eigenvalue weighted by Crippen LogP contribution is -2.15. The minimum absolute atomic E-state index is 0. The van der Waals surface area contributed by atoms with E-state index in [1.807, 2.05) is 7.05 Å². The van der Waals surface area contributed by atoms with Gasteiger partial charge in [-0.3, -0.25) is 9.00 Å². The first-order valence-electron chi connectivity index (χ1n) is 6.06. The van der Waals surface area contributed by atoms with E-state index in [9.17, 15) is 9.00 Å². The van der Waals surface area contributed by atoms with Gasteiger partial charge in [0.05, 0.1) is 0 Å². The van der Waals surface area contributed by atoms with E-state index < -0.39 is 10.8 Å². The van der Waals surface area contributed by atoms with E-state index in [1.54, 1.807) is 24.5 Å². The van der Waals surface area contributed by atoms with Crippen LogP contribution in [0.4, 0.5) is 5.69 Å². The molecule has 0 radical (unpaired) electrons. The molecule has 1 amide bonds. The molecule has 20 heavy (non-hydrogen) atoms. The van der Waals surface area contributed by atoms with Crippen LogP contribution in [0.1, 0.15) is 18.4 Å². The molecule has 1 aromatic carbocycles. The van der Waals surface area contributed by atoms with E-state index >= 15 is 0 Å². The molecule has 114 valence electrons. The number of anilines is 1. The average molecular weight is 339 g/mol. The van der Waals surface area contributed by atoms with Crippen LogP contribution in [0.3, 0.4) is 0 Å². The highest BCUT2D eigenvalue weighted by atomic mass is 35.5. The van der Waals surface area contributed by atoms with Crippen LogP contribution in [0.25, 0.3) is 0 Å². The molecule has 1 aromatic rings. The lowest BCUT2D eigenvalue weighted by Gasteiger charge is -2.08. The minimum atomic E-state index is -0.959. The van der Waals surface area contributed by atoms with Crippen molar-refractivity contribution < 1.29 is 9.00 Å². The largest absolute Gasteiger partial charge is 0.326 e. The standard InChI is InChI=1S/C13H19ClN2O2S.ClH/c1-15-7-3-4-13(17)16-11-5-6-12(14)10(8-11)9-19(2)18;/h5-6,8,15H,3-4,7,9H2,1-2H3,(H,16,17);1H. The molecule has 0 bridgehead atoms. The summed E-state index contributed by atoms with van der Waals surface area (Å²) in [7, 11) is 0.896. The number of hydrogen-bond acceptors (Lipinski definition) is 3. The van der Waals surface area contributed by atoms with E-state index in [-0.39, 0.29) is 18.3 Å². The highest BCUT2D eigenvalue weighted by Gasteiger charge is 2.07. The smallest absolute Gasteiger partial charge is 0.224 e. The fourth-order valence-electron chi connectivity index (χ4n) is 1.63. The summed E-state index contributed by atoms with van der Waals surface area (Å²) in [5.41, 5.74) is 1.48. The fraction of sp³-hybridized carbons (Fsp3) is 0.462. The van der Waals surface area contributed by atoms with Gasteiger partial charge in [0.15, 0.2) is 0 Å². The summed E-state index contributed by atoms with van der Waals surface area (Å²) in [5, 5.41) is 6.38. The van der Waals surface area contributed by atoms with Crippen molar-refractivity contribution in [2.45, 2.75) is 18.6 Å². The zero-order valence-corrected chi connectivity index (χ0v) is 14.0. The van der Waals surface area contributed by atoms with Crippen LogP contribution < -0.4 is 10.6 Å². The summed E-state index contributed by atoms with van der Waals surface area (Å²) in [6.07, 6.45) is 2.89. The SMILES string of the molecule is CNCCCC(=O)Nc1ccc(Cl)c(CS(C)=O)c1.Cl. The van der Waals surface area contributed by atoms with Crippen molar-refractivity contribution in [1.82, 2.24) is 5.32 Å². The van der Waals surface area contributed by atoms with Crippen molar-refractivity contribution in [2.24, 2.45) is 0 Å². The number of amides is 1. The Morgan fingerprint density at radius 2 is 2.10 bits per heavy atom. The number of hydrogen-bond donors (Lipinski definition) is 2. The molecule has 0 saturated carbocycles. The van der Waals surface area contributed by atoms with Gasteiger partial charge in [-0.15, -0.1) is 12.4 Å². The number of halogens is 2. The van der Waals surface area contributed by atoms with E-state index in [2.05, 4.69) is 10.6 Å². The Morgan fingerprint density at radius 3 is 2.70 bits per heavy atom. The van der Waals surface area contributed by atoms with Gasteiger partial charge in [0, 0.05) is 39.9 Å². The third kappa shape index (κ3) is 7.24. The molecule has 0 aromatic heterocycles. The molecule has 0 fully saturated rings. The van der Waals surface area contributed by atoms with Gasteiger partial charge in [-0.2, -0.15) is 0 Å². The summed E-state index contributed by atoms with van der Waals surface area (Å²) in [6, 6.07) is 5.24. The zero-order chi connectivity index (χ0) is 14.3. The molecule has 1 rings (SSSR count). The quantitative estimate of drug-likeness (QED) is 0.751. The maximum absolute atomic E-state index is 11.7. The predicted octanol–water partition coefficient (Wildman–Crippen LogP) is 2.58. The highest BCUT2D eigenvalue weighted by molar-refractivity contribution is 7.83. The summed E-state index contributed by atoms with van der Waals surface area (Å²) in [4.78, 5) is 11.7. The maximum Gasteiger partial charge on any atom is 0.224 e.